The molecular formula is C31H35ClN6O3. The minimum absolute atomic E-state index is 0.0459. The van der Waals surface area contributed by atoms with Gasteiger partial charge in [0.1, 0.15) is 11.4 Å². The summed E-state index contributed by atoms with van der Waals surface area (Å²) in [5.41, 5.74) is 3.49. The molecule has 1 atom stereocenters. The standard InChI is InChI=1S/C31H35ClN6O3/c1-3-40-28-18-22(37-14-12-36(2)13-15-37)10-11-27(28)34-31-33-19-21-17-25(24-8-4-5-9-26(24)32)30(39)38(29(21)35-31)20-23-7-6-16-41-23/h4-5,8-11,17-19,23H,3,6-7,12-16,20H2,1-2H3,(H,33,34,35)/t23-/m1/s1. The zero-order valence-electron chi connectivity index (χ0n) is 23.5. The van der Waals surface area contributed by atoms with Crippen LogP contribution in [-0.4, -0.2) is 72.0 Å². The van der Waals surface area contributed by atoms with Crippen molar-refractivity contribution >= 4 is 40.0 Å². The zero-order valence-corrected chi connectivity index (χ0v) is 24.2. The van der Waals surface area contributed by atoms with E-state index in [4.69, 9.17) is 26.1 Å². The Hall–Kier alpha value is -3.66. The van der Waals surface area contributed by atoms with Crippen molar-refractivity contribution in [1.29, 1.82) is 0 Å². The van der Waals surface area contributed by atoms with Gasteiger partial charge in [-0.1, -0.05) is 29.8 Å². The fraction of sp³-hybridized carbons (Fsp3) is 0.387. The van der Waals surface area contributed by atoms with Crippen LogP contribution in [0.4, 0.5) is 17.3 Å². The molecule has 0 aliphatic carbocycles. The topological polar surface area (TPSA) is 84.8 Å². The van der Waals surface area contributed by atoms with Crippen molar-refractivity contribution in [2.24, 2.45) is 0 Å². The van der Waals surface area contributed by atoms with Gasteiger partial charge in [0, 0.05) is 72.3 Å². The number of likely N-dealkylation sites (N-methyl/N-ethyl adjacent to an activating group) is 1. The van der Waals surface area contributed by atoms with Crippen LogP contribution in [0.25, 0.3) is 22.2 Å². The fourth-order valence-corrected chi connectivity index (χ4v) is 5.76. The molecule has 6 rings (SSSR count). The number of anilines is 3. The first kappa shape index (κ1) is 27.5. The van der Waals surface area contributed by atoms with Crippen LogP contribution in [0.15, 0.2) is 59.5 Å². The highest BCUT2D eigenvalue weighted by atomic mass is 35.5. The summed E-state index contributed by atoms with van der Waals surface area (Å²) in [6.45, 7) is 7.62. The summed E-state index contributed by atoms with van der Waals surface area (Å²) in [4.78, 5) is 28.0. The number of nitrogens with one attached hydrogen (secondary N) is 1. The van der Waals surface area contributed by atoms with Crippen LogP contribution in [0.2, 0.25) is 5.02 Å². The smallest absolute Gasteiger partial charge is 0.260 e. The number of rotatable bonds is 8. The molecule has 2 fully saturated rings. The van der Waals surface area contributed by atoms with Crippen molar-refractivity contribution in [2.75, 3.05) is 56.7 Å². The second-order valence-electron chi connectivity index (χ2n) is 10.6. The quantitative estimate of drug-likeness (QED) is 0.308. The van der Waals surface area contributed by atoms with Gasteiger partial charge in [0.05, 0.1) is 24.9 Å². The third-order valence-corrected chi connectivity index (χ3v) is 8.11. The van der Waals surface area contributed by atoms with Gasteiger partial charge in [0.15, 0.2) is 0 Å². The van der Waals surface area contributed by atoms with Crippen LogP contribution in [0.1, 0.15) is 19.8 Å². The van der Waals surface area contributed by atoms with Crippen LogP contribution < -0.4 is 20.5 Å². The van der Waals surface area contributed by atoms with Gasteiger partial charge in [-0.15, -0.1) is 0 Å². The number of hydrogen-bond acceptors (Lipinski definition) is 8. The molecule has 0 saturated carbocycles. The molecule has 41 heavy (non-hydrogen) atoms. The van der Waals surface area contributed by atoms with Crippen LogP contribution in [-0.2, 0) is 11.3 Å². The first-order valence-electron chi connectivity index (χ1n) is 14.2. The number of ether oxygens (including phenoxy) is 2. The van der Waals surface area contributed by atoms with Crippen molar-refractivity contribution in [3.05, 3.63) is 70.1 Å². The number of piperazine rings is 1. The first-order chi connectivity index (χ1) is 20.0. The predicted molar refractivity (Wildman–Crippen MR) is 164 cm³/mol. The average Bonchev–Trinajstić information content (AvgIpc) is 3.50. The van der Waals surface area contributed by atoms with Gasteiger partial charge in [-0.25, -0.2) is 4.98 Å². The summed E-state index contributed by atoms with van der Waals surface area (Å²) in [5, 5.41) is 4.61. The van der Waals surface area contributed by atoms with E-state index in [1.807, 2.05) is 37.3 Å². The normalized spacial score (nSPS) is 17.7. The van der Waals surface area contributed by atoms with Gasteiger partial charge in [0.25, 0.3) is 5.56 Å². The lowest BCUT2D eigenvalue weighted by Gasteiger charge is -2.34. The molecule has 0 amide bonds. The molecule has 10 heteroatoms. The Labute approximate surface area is 244 Å². The molecule has 214 valence electrons. The average molecular weight is 575 g/mol. The van der Waals surface area contributed by atoms with E-state index in [0.29, 0.717) is 47.5 Å². The van der Waals surface area contributed by atoms with Crippen molar-refractivity contribution < 1.29 is 9.47 Å². The van der Waals surface area contributed by atoms with Crippen molar-refractivity contribution in [3.8, 4) is 16.9 Å². The maximum absolute atomic E-state index is 13.9. The summed E-state index contributed by atoms with van der Waals surface area (Å²) < 4.78 is 13.6. The lowest BCUT2D eigenvalue weighted by molar-refractivity contribution is 0.0971. The van der Waals surface area contributed by atoms with E-state index in [-0.39, 0.29) is 11.7 Å². The number of nitrogens with zero attached hydrogens (tertiary/aromatic N) is 5. The van der Waals surface area contributed by atoms with Crippen molar-refractivity contribution in [2.45, 2.75) is 32.4 Å². The molecule has 0 spiro atoms. The summed E-state index contributed by atoms with van der Waals surface area (Å²) in [6, 6.07) is 15.4. The highest BCUT2D eigenvalue weighted by Gasteiger charge is 2.22. The van der Waals surface area contributed by atoms with E-state index in [1.54, 1.807) is 16.8 Å². The molecule has 0 radical (unpaired) electrons. The second kappa shape index (κ2) is 12.1. The second-order valence-corrected chi connectivity index (χ2v) is 11.0. The Morgan fingerprint density at radius 1 is 1.10 bits per heavy atom. The predicted octanol–water partition coefficient (Wildman–Crippen LogP) is 5.19. The molecule has 0 bridgehead atoms. The monoisotopic (exact) mass is 574 g/mol. The Morgan fingerprint density at radius 2 is 1.93 bits per heavy atom. The van der Waals surface area contributed by atoms with Crippen LogP contribution >= 0.6 is 11.6 Å². The molecule has 4 aromatic rings. The van der Waals surface area contributed by atoms with Gasteiger partial charge in [0.2, 0.25) is 5.95 Å². The van der Waals surface area contributed by atoms with E-state index < -0.39 is 0 Å². The highest BCUT2D eigenvalue weighted by Crippen LogP contribution is 2.33. The molecule has 2 aromatic carbocycles. The molecule has 2 aliphatic rings. The number of aromatic nitrogens is 3. The molecular weight excluding hydrogens is 540 g/mol. The number of fused-ring (bicyclic) bond motifs is 1. The fourth-order valence-electron chi connectivity index (χ4n) is 5.52. The van der Waals surface area contributed by atoms with Gasteiger partial charge in [-0.05, 0) is 51.1 Å². The Balaban J connectivity index is 1.37. The van der Waals surface area contributed by atoms with Crippen LogP contribution in [0.5, 0.6) is 5.75 Å². The van der Waals surface area contributed by atoms with Crippen LogP contribution in [0, 0.1) is 0 Å². The minimum Gasteiger partial charge on any atom is -0.492 e. The molecule has 1 N–H and O–H groups in total. The van der Waals surface area contributed by atoms with Crippen molar-refractivity contribution in [1.82, 2.24) is 19.4 Å². The highest BCUT2D eigenvalue weighted by molar-refractivity contribution is 6.33. The largest absolute Gasteiger partial charge is 0.492 e. The minimum atomic E-state index is -0.155. The first-order valence-corrected chi connectivity index (χ1v) is 14.6. The van der Waals surface area contributed by atoms with Gasteiger partial charge >= 0.3 is 0 Å². The number of pyridine rings is 1. The number of hydrogen-bond donors (Lipinski definition) is 1. The van der Waals surface area contributed by atoms with E-state index in [9.17, 15) is 4.79 Å². The van der Waals surface area contributed by atoms with Gasteiger partial charge < -0.3 is 24.6 Å². The molecule has 9 nitrogen and oxygen atoms in total. The molecule has 2 aliphatic heterocycles. The number of benzene rings is 2. The Kier molecular flexibility index (Phi) is 8.09. The van der Waals surface area contributed by atoms with E-state index in [0.717, 1.165) is 61.5 Å². The van der Waals surface area contributed by atoms with Crippen LogP contribution in [0.3, 0.4) is 0 Å². The third kappa shape index (κ3) is 5.88. The summed E-state index contributed by atoms with van der Waals surface area (Å²) in [6.07, 6.45) is 3.58. The van der Waals surface area contributed by atoms with E-state index in [1.165, 1.54) is 0 Å². The molecule has 2 saturated heterocycles. The summed E-state index contributed by atoms with van der Waals surface area (Å²) in [5.74, 6) is 1.12. The molecule has 2 aromatic heterocycles. The van der Waals surface area contributed by atoms with Gasteiger partial charge in [-0.3, -0.25) is 9.36 Å². The zero-order chi connectivity index (χ0) is 28.3. The lowest BCUT2D eigenvalue weighted by atomic mass is 10.1. The maximum Gasteiger partial charge on any atom is 0.260 e. The Morgan fingerprint density at radius 3 is 2.68 bits per heavy atom. The number of halogens is 1. The maximum atomic E-state index is 13.9. The SMILES string of the molecule is CCOc1cc(N2CCN(C)CC2)ccc1Nc1ncc2cc(-c3ccccc3Cl)c(=O)n(C[C@H]3CCCO3)c2n1. The van der Waals surface area contributed by atoms with Gasteiger partial charge in [-0.2, -0.15) is 4.98 Å². The van der Waals surface area contributed by atoms with E-state index in [2.05, 4.69) is 39.3 Å². The van der Waals surface area contributed by atoms with E-state index >= 15 is 0 Å². The van der Waals surface area contributed by atoms with Crippen molar-refractivity contribution in [3.63, 3.8) is 0 Å². The molecule has 4 heterocycles. The third-order valence-electron chi connectivity index (χ3n) is 7.78. The summed E-state index contributed by atoms with van der Waals surface area (Å²) in [7, 11) is 2.15. The Bertz CT molecular complexity index is 1600. The molecule has 0 unspecified atom stereocenters. The lowest BCUT2D eigenvalue weighted by Crippen LogP contribution is -2.44. The summed E-state index contributed by atoms with van der Waals surface area (Å²) >= 11 is 6.50.